The van der Waals surface area contributed by atoms with Crippen LogP contribution < -0.4 is 5.32 Å². The molecule has 0 spiro atoms. The first-order valence-electron chi connectivity index (χ1n) is 6.27. The van der Waals surface area contributed by atoms with Crippen molar-refractivity contribution < 1.29 is 4.79 Å². The maximum atomic E-state index is 12.0. The molecule has 0 atom stereocenters. The maximum absolute atomic E-state index is 12.0. The lowest BCUT2D eigenvalue weighted by Crippen LogP contribution is -2.13. The second-order valence-electron chi connectivity index (χ2n) is 4.33. The number of nitrogens with one attached hydrogen (secondary N) is 1. The molecule has 0 aliphatic rings. The molecule has 1 amide bonds. The predicted molar refractivity (Wildman–Crippen MR) is 89.8 cm³/mol. The summed E-state index contributed by atoms with van der Waals surface area (Å²) >= 11 is 13.4. The van der Waals surface area contributed by atoms with Crippen LogP contribution in [0.5, 0.6) is 0 Å². The minimum absolute atomic E-state index is 0.307. The van der Waals surface area contributed by atoms with Crippen LogP contribution in [-0.4, -0.2) is 15.9 Å². The number of halogens is 2. The third-order valence-electron chi connectivity index (χ3n) is 2.83. The number of thiazole rings is 1. The van der Waals surface area contributed by atoms with Crippen molar-refractivity contribution in [1.29, 1.82) is 0 Å². The lowest BCUT2D eigenvalue weighted by atomic mass is 10.2. The van der Waals surface area contributed by atoms with Gasteiger partial charge in [-0.15, -0.1) is 11.3 Å². The number of pyridine rings is 1. The van der Waals surface area contributed by atoms with Gasteiger partial charge in [0.25, 0.3) is 5.91 Å². The van der Waals surface area contributed by atoms with Gasteiger partial charge in [-0.05, 0) is 30.3 Å². The van der Waals surface area contributed by atoms with Gasteiger partial charge >= 0.3 is 0 Å². The molecule has 110 valence electrons. The molecule has 0 aliphatic carbocycles. The van der Waals surface area contributed by atoms with Crippen molar-refractivity contribution in [3.05, 3.63) is 63.7 Å². The van der Waals surface area contributed by atoms with Crippen LogP contribution in [0.25, 0.3) is 11.3 Å². The summed E-state index contributed by atoms with van der Waals surface area (Å²) in [4.78, 5) is 20.4. The average Bonchev–Trinajstić information content (AvgIpc) is 2.99. The summed E-state index contributed by atoms with van der Waals surface area (Å²) in [5.74, 6) is -0.307. The van der Waals surface area contributed by atoms with Crippen LogP contribution in [0.2, 0.25) is 10.0 Å². The summed E-state index contributed by atoms with van der Waals surface area (Å²) in [5, 5.41) is 6.13. The molecule has 3 rings (SSSR count). The first-order chi connectivity index (χ1) is 10.6. The van der Waals surface area contributed by atoms with E-state index in [9.17, 15) is 4.79 Å². The van der Waals surface area contributed by atoms with E-state index < -0.39 is 0 Å². The number of nitrogens with zero attached hydrogens (tertiary/aromatic N) is 2. The number of hydrogen-bond acceptors (Lipinski definition) is 4. The molecule has 0 saturated heterocycles. The molecule has 2 heterocycles. The number of anilines is 1. The largest absolute Gasteiger partial charge is 0.296 e. The molecule has 7 heteroatoms. The molecule has 0 aliphatic heterocycles. The highest BCUT2D eigenvalue weighted by molar-refractivity contribution is 7.14. The first kappa shape index (κ1) is 15.0. The van der Waals surface area contributed by atoms with Crippen LogP contribution >= 0.6 is 34.5 Å². The van der Waals surface area contributed by atoms with Crippen molar-refractivity contribution in [2.45, 2.75) is 0 Å². The number of benzene rings is 1. The van der Waals surface area contributed by atoms with Crippen molar-refractivity contribution in [2.24, 2.45) is 0 Å². The number of carbonyl (C=O) groups excluding carboxylic acids is 1. The number of rotatable bonds is 3. The van der Waals surface area contributed by atoms with Crippen molar-refractivity contribution in [3.63, 3.8) is 0 Å². The van der Waals surface area contributed by atoms with E-state index in [0.717, 1.165) is 5.56 Å². The Kier molecular flexibility index (Phi) is 4.38. The van der Waals surface area contributed by atoms with E-state index in [-0.39, 0.29) is 5.91 Å². The lowest BCUT2D eigenvalue weighted by molar-refractivity contribution is 0.102. The molecule has 0 radical (unpaired) electrons. The van der Waals surface area contributed by atoms with E-state index in [4.69, 9.17) is 23.2 Å². The zero-order valence-electron chi connectivity index (χ0n) is 11.1. The van der Waals surface area contributed by atoms with Gasteiger partial charge in [-0.2, -0.15) is 0 Å². The molecule has 3 aromatic rings. The monoisotopic (exact) mass is 349 g/mol. The van der Waals surface area contributed by atoms with E-state index in [2.05, 4.69) is 15.3 Å². The molecule has 1 aromatic carbocycles. The van der Waals surface area contributed by atoms with Crippen LogP contribution in [0.15, 0.2) is 48.0 Å². The normalized spacial score (nSPS) is 10.5. The zero-order chi connectivity index (χ0) is 15.5. The van der Waals surface area contributed by atoms with Gasteiger partial charge in [0.05, 0.1) is 10.7 Å². The maximum Gasteiger partial charge on any atom is 0.276 e. The SMILES string of the molecule is O=C(Nc1nc(-c2cc(Cl)ccc2Cl)cs1)c1ccccn1. The van der Waals surface area contributed by atoms with Gasteiger partial charge in [-0.3, -0.25) is 15.1 Å². The molecule has 0 unspecified atom stereocenters. The molecular weight excluding hydrogens is 341 g/mol. The zero-order valence-corrected chi connectivity index (χ0v) is 13.4. The Morgan fingerprint density at radius 3 is 2.82 bits per heavy atom. The van der Waals surface area contributed by atoms with Crippen molar-refractivity contribution >= 4 is 45.6 Å². The highest BCUT2D eigenvalue weighted by Crippen LogP contribution is 2.32. The van der Waals surface area contributed by atoms with E-state index in [0.29, 0.717) is 26.6 Å². The highest BCUT2D eigenvalue weighted by Gasteiger charge is 2.12. The Hall–Kier alpha value is -1.95. The van der Waals surface area contributed by atoms with Gasteiger partial charge in [0.2, 0.25) is 0 Å². The summed E-state index contributed by atoms with van der Waals surface area (Å²) in [5.41, 5.74) is 1.72. The van der Waals surface area contributed by atoms with Gasteiger partial charge in [-0.25, -0.2) is 4.98 Å². The Morgan fingerprint density at radius 1 is 1.18 bits per heavy atom. The first-order valence-corrected chi connectivity index (χ1v) is 7.90. The van der Waals surface area contributed by atoms with Gasteiger partial charge < -0.3 is 0 Å². The van der Waals surface area contributed by atoms with Crippen LogP contribution in [0.3, 0.4) is 0 Å². The molecule has 2 aromatic heterocycles. The molecule has 1 N–H and O–H groups in total. The topological polar surface area (TPSA) is 54.9 Å². The Balaban J connectivity index is 1.82. The van der Waals surface area contributed by atoms with Crippen molar-refractivity contribution in [3.8, 4) is 11.3 Å². The molecular formula is C15H9Cl2N3OS. The smallest absolute Gasteiger partial charge is 0.276 e. The van der Waals surface area contributed by atoms with Crippen LogP contribution in [0.4, 0.5) is 5.13 Å². The number of amides is 1. The molecule has 0 bridgehead atoms. The average molecular weight is 350 g/mol. The number of hydrogen-bond donors (Lipinski definition) is 1. The van der Waals surface area contributed by atoms with Crippen molar-refractivity contribution in [2.75, 3.05) is 5.32 Å². The number of carbonyl (C=O) groups is 1. The van der Waals surface area contributed by atoms with Gasteiger partial charge in [0.1, 0.15) is 5.69 Å². The third kappa shape index (κ3) is 3.27. The van der Waals surface area contributed by atoms with E-state index in [1.54, 1.807) is 42.6 Å². The molecule has 22 heavy (non-hydrogen) atoms. The lowest BCUT2D eigenvalue weighted by Gasteiger charge is -2.02. The van der Waals surface area contributed by atoms with E-state index in [1.165, 1.54) is 11.3 Å². The van der Waals surface area contributed by atoms with E-state index in [1.807, 2.05) is 5.38 Å². The quantitative estimate of drug-likeness (QED) is 0.741. The van der Waals surface area contributed by atoms with Crippen LogP contribution in [0.1, 0.15) is 10.5 Å². The Labute approximate surface area is 140 Å². The summed E-state index contributed by atoms with van der Waals surface area (Å²) in [7, 11) is 0. The fraction of sp³-hybridized carbons (Fsp3) is 0. The molecule has 4 nitrogen and oxygen atoms in total. The highest BCUT2D eigenvalue weighted by atomic mass is 35.5. The summed E-state index contributed by atoms with van der Waals surface area (Å²) < 4.78 is 0. The second-order valence-corrected chi connectivity index (χ2v) is 6.03. The second kappa shape index (κ2) is 6.44. The minimum atomic E-state index is -0.307. The standard InChI is InChI=1S/C15H9Cl2N3OS/c16-9-4-5-11(17)10(7-9)13-8-22-15(19-13)20-14(21)12-3-1-2-6-18-12/h1-8H,(H,19,20,21). The van der Waals surface area contributed by atoms with E-state index >= 15 is 0 Å². The predicted octanol–water partition coefficient (Wildman–Crippen LogP) is 4.76. The summed E-state index contributed by atoms with van der Waals surface area (Å²) in [6.07, 6.45) is 1.56. The van der Waals surface area contributed by atoms with Gasteiger partial charge in [0, 0.05) is 22.2 Å². The van der Waals surface area contributed by atoms with Crippen LogP contribution in [-0.2, 0) is 0 Å². The van der Waals surface area contributed by atoms with Crippen molar-refractivity contribution in [1.82, 2.24) is 9.97 Å². The molecule has 0 saturated carbocycles. The van der Waals surface area contributed by atoms with Crippen LogP contribution in [0, 0.1) is 0 Å². The summed E-state index contributed by atoms with van der Waals surface area (Å²) in [6.45, 7) is 0. The summed E-state index contributed by atoms with van der Waals surface area (Å²) in [6, 6.07) is 10.3. The molecule has 0 fully saturated rings. The Morgan fingerprint density at radius 2 is 2.05 bits per heavy atom. The Bertz CT molecular complexity index is 821. The minimum Gasteiger partial charge on any atom is -0.296 e. The van der Waals surface area contributed by atoms with Gasteiger partial charge in [-0.1, -0.05) is 29.3 Å². The third-order valence-corrected chi connectivity index (χ3v) is 4.15. The number of aromatic nitrogens is 2. The fourth-order valence-electron chi connectivity index (χ4n) is 1.81. The fourth-order valence-corrected chi connectivity index (χ4v) is 2.90. The van der Waals surface area contributed by atoms with Gasteiger partial charge in [0.15, 0.2) is 5.13 Å².